The Hall–Kier alpha value is -3.12. The molecule has 2 aromatic rings. The highest BCUT2D eigenvalue weighted by Gasteiger charge is 2.39. The van der Waals surface area contributed by atoms with Crippen LogP contribution in [0.1, 0.15) is 49.5 Å². The Morgan fingerprint density at radius 2 is 1.67 bits per heavy atom. The number of hydrogen-bond donors (Lipinski definition) is 2. The van der Waals surface area contributed by atoms with Gasteiger partial charge in [-0.05, 0) is 62.9 Å². The van der Waals surface area contributed by atoms with Crippen LogP contribution >= 0.6 is 0 Å². The van der Waals surface area contributed by atoms with Crippen LogP contribution in [0.2, 0.25) is 0 Å². The third-order valence-electron chi connectivity index (χ3n) is 5.55. The number of benzene rings is 2. The molecule has 0 saturated carbocycles. The third-order valence-corrected chi connectivity index (χ3v) is 7.13. The summed E-state index contributed by atoms with van der Waals surface area (Å²) in [5.41, 5.74) is 3.45. The van der Waals surface area contributed by atoms with Crippen molar-refractivity contribution in [2.75, 3.05) is 13.1 Å². The minimum atomic E-state index is -4.98. The molecule has 0 atom stereocenters. The van der Waals surface area contributed by atoms with Crippen LogP contribution in [0.3, 0.4) is 0 Å². The van der Waals surface area contributed by atoms with E-state index in [0.717, 1.165) is 6.07 Å². The molecule has 0 bridgehead atoms. The van der Waals surface area contributed by atoms with E-state index >= 15 is 0 Å². The third kappa shape index (κ3) is 6.55. The summed E-state index contributed by atoms with van der Waals surface area (Å²) < 4.78 is 75.5. The fourth-order valence-corrected chi connectivity index (χ4v) is 5.41. The number of carbonyl (C=O) groups is 2. The number of nitrogens with one attached hydrogen (secondary N) is 1. The van der Waals surface area contributed by atoms with Crippen molar-refractivity contribution in [3.8, 4) is 11.1 Å². The first-order chi connectivity index (χ1) is 16.6. The van der Waals surface area contributed by atoms with Crippen LogP contribution in [0.25, 0.3) is 11.1 Å². The minimum Gasteiger partial charge on any atom is -0.444 e. The predicted octanol–water partition coefficient (Wildman–Crippen LogP) is 4.15. The summed E-state index contributed by atoms with van der Waals surface area (Å²) in [6, 6.07) is 7.97. The Morgan fingerprint density at radius 3 is 2.22 bits per heavy atom. The van der Waals surface area contributed by atoms with Crippen LogP contribution in [-0.4, -0.2) is 50.1 Å². The van der Waals surface area contributed by atoms with Crippen molar-refractivity contribution in [3.05, 3.63) is 53.6 Å². The second-order valence-corrected chi connectivity index (χ2v) is 11.2. The number of alkyl halides is 3. The van der Waals surface area contributed by atoms with Gasteiger partial charge in [0.2, 0.25) is 15.9 Å². The predicted molar refractivity (Wildman–Crippen MR) is 127 cm³/mol. The van der Waals surface area contributed by atoms with Gasteiger partial charge in [-0.15, -0.1) is 0 Å². The van der Waals surface area contributed by atoms with E-state index in [-0.39, 0.29) is 42.6 Å². The first kappa shape index (κ1) is 27.5. The normalized spacial score (nSPS) is 15.6. The highest BCUT2D eigenvalue weighted by Crippen LogP contribution is 2.38. The number of carbonyl (C=O) groups excluding carboxylic acids is 2. The lowest BCUT2D eigenvalue weighted by Gasteiger charge is -2.33. The molecule has 8 nitrogen and oxygen atoms in total. The molecule has 2 aromatic carbocycles. The van der Waals surface area contributed by atoms with E-state index in [1.54, 1.807) is 20.8 Å². The Labute approximate surface area is 207 Å². The number of sulfonamides is 1. The van der Waals surface area contributed by atoms with Crippen molar-refractivity contribution in [1.82, 2.24) is 9.62 Å². The standard InChI is InChI=1S/C24H28F3N3O5S/c1-23(2,3)35-22(32)30-12-10-16(11-13-30)29-36(33,34)20-9-8-15(14-19(20)24(25,26)27)17-6-4-5-7-18(17)21(28)31/h4-9,14,16,29H,10-13H2,1-3H3,(H2,28,31). The number of rotatable bonds is 5. The van der Waals surface area contributed by atoms with Gasteiger partial charge in [-0.3, -0.25) is 4.79 Å². The van der Waals surface area contributed by atoms with Gasteiger partial charge in [0.05, 0.1) is 10.5 Å². The summed E-state index contributed by atoms with van der Waals surface area (Å²) in [7, 11) is -4.56. The van der Waals surface area contributed by atoms with Crippen molar-refractivity contribution >= 4 is 22.0 Å². The highest BCUT2D eigenvalue weighted by atomic mass is 32.2. The van der Waals surface area contributed by atoms with Crippen LogP contribution < -0.4 is 10.5 Å². The maximum Gasteiger partial charge on any atom is 0.417 e. The molecule has 0 spiro atoms. The van der Waals surface area contributed by atoms with Gasteiger partial charge in [0.25, 0.3) is 0 Å². The van der Waals surface area contributed by atoms with Crippen molar-refractivity contribution in [3.63, 3.8) is 0 Å². The molecule has 1 heterocycles. The second-order valence-electron chi connectivity index (χ2n) is 9.48. The molecule has 0 aromatic heterocycles. The molecule has 12 heteroatoms. The second kappa shape index (κ2) is 10.1. The van der Waals surface area contributed by atoms with Crippen LogP contribution in [0.15, 0.2) is 47.4 Å². The van der Waals surface area contributed by atoms with Crippen molar-refractivity contribution in [2.24, 2.45) is 5.73 Å². The molecule has 0 unspecified atom stereocenters. The fraction of sp³-hybridized carbons (Fsp3) is 0.417. The fourth-order valence-electron chi connectivity index (χ4n) is 3.89. The molecule has 0 aliphatic carbocycles. The number of halogens is 3. The molecule has 3 N–H and O–H groups in total. The molecule has 1 saturated heterocycles. The largest absolute Gasteiger partial charge is 0.444 e. The first-order valence-corrected chi connectivity index (χ1v) is 12.7. The van der Waals surface area contributed by atoms with Crippen molar-refractivity contribution in [2.45, 2.75) is 56.3 Å². The van der Waals surface area contributed by atoms with Gasteiger partial charge >= 0.3 is 12.3 Å². The van der Waals surface area contributed by atoms with E-state index in [0.29, 0.717) is 6.07 Å². The number of nitrogens with zero attached hydrogens (tertiary/aromatic N) is 1. The van der Waals surface area contributed by atoms with Crippen LogP contribution in [0.4, 0.5) is 18.0 Å². The van der Waals surface area contributed by atoms with E-state index < -0.39 is 50.3 Å². The average Bonchev–Trinajstić information content (AvgIpc) is 2.77. The van der Waals surface area contributed by atoms with E-state index in [4.69, 9.17) is 10.5 Å². The summed E-state index contributed by atoms with van der Waals surface area (Å²) in [5.74, 6) is -0.824. The zero-order valence-corrected chi connectivity index (χ0v) is 20.9. The number of ether oxygens (including phenoxy) is 1. The van der Waals surface area contributed by atoms with Gasteiger partial charge in [-0.25, -0.2) is 17.9 Å². The summed E-state index contributed by atoms with van der Waals surface area (Å²) in [6.45, 7) is 5.56. The van der Waals surface area contributed by atoms with Crippen LogP contribution in [0, 0.1) is 0 Å². The Bertz CT molecular complexity index is 1250. The average molecular weight is 528 g/mol. The van der Waals surface area contributed by atoms with Crippen LogP contribution in [0.5, 0.6) is 0 Å². The molecule has 3 rings (SSSR count). The van der Waals surface area contributed by atoms with Crippen LogP contribution in [-0.2, 0) is 20.9 Å². The lowest BCUT2D eigenvalue weighted by atomic mass is 9.97. The van der Waals surface area contributed by atoms with Gasteiger partial charge < -0.3 is 15.4 Å². The molecule has 2 amide bonds. The van der Waals surface area contributed by atoms with E-state index in [1.807, 2.05) is 0 Å². The summed E-state index contributed by atoms with van der Waals surface area (Å²) in [6.07, 6.45) is -5.09. The van der Waals surface area contributed by atoms with Crippen molar-refractivity contribution < 1.29 is 35.9 Å². The molecular weight excluding hydrogens is 499 g/mol. The molecule has 36 heavy (non-hydrogen) atoms. The zero-order chi connectivity index (χ0) is 26.9. The number of piperidine rings is 1. The smallest absolute Gasteiger partial charge is 0.417 e. The summed E-state index contributed by atoms with van der Waals surface area (Å²) >= 11 is 0. The molecule has 1 aliphatic rings. The highest BCUT2D eigenvalue weighted by molar-refractivity contribution is 7.89. The monoisotopic (exact) mass is 527 g/mol. The maximum atomic E-state index is 13.9. The van der Waals surface area contributed by atoms with E-state index in [9.17, 15) is 31.2 Å². The molecule has 196 valence electrons. The topological polar surface area (TPSA) is 119 Å². The maximum absolute atomic E-state index is 13.9. The Kier molecular flexibility index (Phi) is 7.70. The zero-order valence-electron chi connectivity index (χ0n) is 20.1. The van der Waals surface area contributed by atoms with Gasteiger partial charge in [-0.2, -0.15) is 13.2 Å². The lowest BCUT2D eigenvalue weighted by Crippen LogP contribution is -2.47. The Balaban J connectivity index is 1.84. The molecule has 1 aliphatic heterocycles. The Morgan fingerprint density at radius 1 is 1.06 bits per heavy atom. The van der Waals surface area contributed by atoms with Crippen molar-refractivity contribution in [1.29, 1.82) is 0 Å². The SMILES string of the molecule is CC(C)(C)OC(=O)N1CCC(NS(=O)(=O)c2ccc(-c3ccccc3C(N)=O)cc2C(F)(F)F)CC1. The number of amides is 2. The van der Waals surface area contributed by atoms with Gasteiger partial charge in [0, 0.05) is 24.7 Å². The first-order valence-electron chi connectivity index (χ1n) is 11.2. The number of nitrogens with two attached hydrogens (primary N) is 1. The number of primary amides is 1. The molecule has 1 fully saturated rings. The molecule has 0 radical (unpaired) electrons. The number of hydrogen-bond acceptors (Lipinski definition) is 5. The van der Waals surface area contributed by atoms with Gasteiger partial charge in [-0.1, -0.05) is 24.3 Å². The van der Waals surface area contributed by atoms with Gasteiger partial charge in [0.1, 0.15) is 5.60 Å². The van der Waals surface area contributed by atoms with E-state index in [1.165, 1.54) is 35.2 Å². The van der Waals surface area contributed by atoms with Gasteiger partial charge in [0.15, 0.2) is 0 Å². The van der Waals surface area contributed by atoms with E-state index in [2.05, 4.69) is 4.72 Å². The quantitative estimate of drug-likeness (QED) is 0.606. The number of likely N-dealkylation sites (tertiary alicyclic amines) is 1. The summed E-state index contributed by atoms with van der Waals surface area (Å²) in [4.78, 5) is 24.4. The minimum absolute atomic E-state index is 0.00124. The lowest BCUT2D eigenvalue weighted by molar-refractivity contribution is -0.139. The molecular formula is C24H28F3N3O5S. The summed E-state index contributed by atoms with van der Waals surface area (Å²) in [5, 5.41) is 0.